The van der Waals surface area contributed by atoms with Gasteiger partial charge in [-0.2, -0.15) is 15.0 Å². The summed E-state index contributed by atoms with van der Waals surface area (Å²) in [6.45, 7) is 4.58. The molecular formula is C14H18FN5O. The van der Waals surface area contributed by atoms with E-state index in [2.05, 4.69) is 25.6 Å². The van der Waals surface area contributed by atoms with Gasteiger partial charge in [-0.1, -0.05) is 12.1 Å². The first-order chi connectivity index (χ1) is 10.1. The number of anilines is 2. The summed E-state index contributed by atoms with van der Waals surface area (Å²) >= 11 is 0. The molecule has 0 spiro atoms. The molecule has 0 amide bonds. The summed E-state index contributed by atoms with van der Waals surface area (Å²) in [7, 11) is 1.50. The quantitative estimate of drug-likeness (QED) is 0.852. The molecule has 2 aromatic rings. The molecule has 2 N–H and O–H groups in total. The van der Waals surface area contributed by atoms with Crippen LogP contribution in [0.1, 0.15) is 25.5 Å². The van der Waals surface area contributed by atoms with Crippen molar-refractivity contribution in [3.05, 3.63) is 35.6 Å². The van der Waals surface area contributed by atoms with Crippen LogP contribution in [0.3, 0.4) is 0 Å². The second kappa shape index (κ2) is 6.83. The number of benzene rings is 1. The van der Waals surface area contributed by atoms with Crippen LogP contribution in [-0.4, -0.2) is 28.6 Å². The van der Waals surface area contributed by atoms with E-state index in [4.69, 9.17) is 4.74 Å². The minimum atomic E-state index is -0.262. The Bertz CT molecular complexity index is 590. The lowest BCUT2D eigenvalue weighted by Gasteiger charge is -2.15. The molecule has 0 radical (unpaired) electrons. The van der Waals surface area contributed by atoms with Gasteiger partial charge in [0.15, 0.2) is 0 Å². The van der Waals surface area contributed by atoms with Crippen molar-refractivity contribution < 1.29 is 9.13 Å². The molecule has 112 valence electrons. The Morgan fingerprint density at radius 2 is 1.81 bits per heavy atom. The van der Waals surface area contributed by atoms with E-state index in [9.17, 15) is 4.39 Å². The van der Waals surface area contributed by atoms with E-state index in [-0.39, 0.29) is 17.9 Å². The summed E-state index contributed by atoms with van der Waals surface area (Å²) in [5.74, 6) is 0.579. The van der Waals surface area contributed by atoms with Crippen LogP contribution in [0.2, 0.25) is 0 Å². The lowest BCUT2D eigenvalue weighted by atomic mass is 10.1. The molecule has 1 unspecified atom stereocenters. The van der Waals surface area contributed by atoms with Gasteiger partial charge in [0.25, 0.3) is 0 Å². The molecule has 0 aliphatic heterocycles. The van der Waals surface area contributed by atoms with E-state index in [0.29, 0.717) is 18.4 Å². The van der Waals surface area contributed by atoms with E-state index in [0.717, 1.165) is 5.56 Å². The molecule has 0 bridgehead atoms. The van der Waals surface area contributed by atoms with Gasteiger partial charge in [0.2, 0.25) is 11.9 Å². The van der Waals surface area contributed by atoms with Gasteiger partial charge >= 0.3 is 6.01 Å². The second-order valence-electron chi connectivity index (χ2n) is 4.42. The predicted octanol–water partition coefficient (Wildman–Crippen LogP) is 2.62. The molecule has 6 nitrogen and oxygen atoms in total. The standard InChI is InChI=1S/C14H18FN5O/c1-4-16-12-18-13(20-14(19-12)21-3)17-9(2)10-5-7-11(15)8-6-10/h5-9H,4H2,1-3H3,(H2,16,17,18,19,20). The Kier molecular flexibility index (Phi) is 4.86. The first kappa shape index (κ1) is 15.0. The van der Waals surface area contributed by atoms with Crippen molar-refractivity contribution in [1.29, 1.82) is 0 Å². The smallest absolute Gasteiger partial charge is 0.322 e. The summed E-state index contributed by atoms with van der Waals surface area (Å²) in [6, 6.07) is 6.44. The van der Waals surface area contributed by atoms with Crippen LogP contribution in [0.15, 0.2) is 24.3 Å². The average Bonchev–Trinajstić information content (AvgIpc) is 2.48. The lowest BCUT2D eigenvalue weighted by Crippen LogP contribution is -2.13. The van der Waals surface area contributed by atoms with Gasteiger partial charge in [0.05, 0.1) is 13.2 Å². The summed E-state index contributed by atoms with van der Waals surface area (Å²) in [5.41, 5.74) is 0.931. The molecular weight excluding hydrogens is 273 g/mol. The minimum Gasteiger partial charge on any atom is -0.467 e. The van der Waals surface area contributed by atoms with Gasteiger partial charge in [0.1, 0.15) is 5.82 Å². The fourth-order valence-electron chi connectivity index (χ4n) is 1.78. The van der Waals surface area contributed by atoms with Crippen LogP contribution in [0, 0.1) is 5.82 Å². The summed E-state index contributed by atoms with van der Waals surface area (Å²) in [6.07, 6.45) is 0. The van der Waals surface area contributed by atoms with E-state index in [1.54, 1.807) is 12.1 Å². The van der Waals surface area contributed by atoms with Crippen molar-refractivity contribution in [1.82, 2.24) is 15.0 Å². The zero-order valence-corrected chi connectivity index (χ0v) is 12.2. The van der Waals surface area contributed by atoms with E-state index in [1.807, 2.05) is 13.8 Å². The Hall–Kier alpha value is -2.44. The zero-order valence-electron chi connectivity index (χ0n) is 12.2. The van der Waals surface area contributed by atoms with E-state index < -0.39 is 0 Å². The monoisotopic (exact) mass is 291 g/mol. The van der Waals surface area contributed by atoms with Crippen molar-refractivity contribution in [2.45, 2.75) is 19.9 Å². The average molecular weight is 291 g/mol. The lowest BCUT2D eigenvalue weighted by molar-refractivity contribution is 0.379. The first-order valence-corrected chi connectivity index (χ1v) is 6.68. The number of hydrogen-bond donors (Lipinski definition) is 2. The Balaban J connectivity index is 2.17. The molecule has 0 saturated heterocycles. The van der Waals surface area contributed by atoms with E-state index >= 15 is 0 Å². The minimum absolute atomic E-state index is 0.0767. The molecule has 21 heavy (non-hydrogen) atoms. The van der Waals surface area contributed by atoms with Crippen molar-refractivity contribution in [2.75, 3.05) is 24.3 Å². The van der Waals surface area contributed by atoms with Crippen LogP contribution < -0.4 is 15.4 Å². The largest absolute Gasteiger partial charge is 0.467 e. The van der Waals surface area contributed by atoms with Crippen LogP contribution in [0.4, 0.5) is 16.3 Å². The molecule has 1 heterocycles. The molecule has 0 fully saturated rings. The van der Waals surface area contributed by atoms with Crippen LogP contribution >= 0.6 is 0 Å². The molecule has 0 aliphatic rings. The topological polar surface area (TPSA) is 72.0 Å². The van der Waals surface area contributed by atoms with Gasteiger partial charge in [-0.05, 0) is 31.5 Å². The predicted molar refractivity (Wildman–Crippen MR) is 79.0 cm³/mol. The van der Waals surface area contributed by atoms with Gasteiger partial charge in [0, 0.05) is 6.54 Å². The highest BCUT2D eigenvalue weighted by Crippen LogP contribution is 2.19. The third-order valence-corrected chi connectivity index (χ3v) is 2.85. The zero-order chi connectivity index (χ0) is 15.2. The molecule has 7 heteroatoms. The summed E-state index contributed by atoms with van der Waals surface area (Å²) in [4.78, 5) is 12.5. The Morgan fingerprint density at radius 1 is 1.14 bits per heavy atom. The van der Waals surface area contributed by atoms with Gasteiger partial charge < -0.3 is 15.4 Å². The van der Waals surface area contributed by atoms with Gasteiger partial charge in [-0.3, -0.25) is 0 Å². The highest BCUT2D eigenvalue weighted by atomic mass is 19.1. The number of rotatable bonds is 6. The van der Waals surface area contributed by atoms with Crippen LogP contribution in [0.5, 0.6) is 6.01 Å². The number of halogens is 1. The molecule has 0 saturated carbocycles. The SMILES string of the molecule is CCNc1nc(NC(C)c2ccc(F)cc2)nc(OC)n1. The van der Waals surface area contributed by atoms with Crippen LogP contribution in [0.25, 0.3) is 0 Å². The van der Waals surface area contributed by atoms with Crippen LogP contribution in [-0.2, 0) is 0 Å². The van der Waals surface area contributed by atoms with Gasteiger partial charge in [-0.25, -0.2) is 4.39 Å². The van der Waals surface area contributed by atoms with Gasteiger partial charge in [-0.15, -0.1) is 0 Å². The first-order valence-electron chi connectivity index (χ1n) is 6.68. The second-order valence-corrected chi connectivity index (χ2v) is 4.42. The molecule has 2 rings (SSSR count). The maximum absolute atomic E-state index is 12.9. The molecule has 1 aromatic carbocycles. The fraction of sp³-hybridized carbons (Fsp3) is 0.357. The maximum Gasteiger partial charge on any atom is 0.322 e. The summed E-state index contributed by atoms with van der Waals surface area (Å²) in [5, 5.41) is 6.16. The number of ether oxygens (including phenoxy) is 1. The highest BCUT2D eigenvalue weighted by Gasteiger charge is 2.10. The fourth-order valence-corrected chi connectivity index (χ4v) is 1.78. The van der Waals surface area contributed by atoms with E-state index in [1.165, 1.54) is 19.2 Å². The number of hydrogen-bond acceptors (Lipinski definition) is 6. The third kappa shape index (κ3) is 4.01. The number of nitrogens with zero attached hydrogens (tertiary/aromatic N) is 3. The molecule has 1 aromatic heterocycles. The number of aromatic nitrogens is 3. The summed E-state index contributed by atoms with van der Waals surface area (Å²) < 4.78 is 18.0. The number of nitrogens with one attached hydrogen (secondary N) is 2. The molecule has 0 aliphatic carbocycles. The maximum atomic E-state index is 12.9. The Labute approximate surface area is 122 Å². The van der Waals surface area contributed by atoms with Crippen molar-refractivity contribution >= 4 is 11.9 Å². The number of methoxy groups -OCH3 is 1. The van der Waals surface area contributed by atoms with Crippen molar-refractivity contribution in [3.8, 4) is 6.01 Å². The third-order valence-electron chi connectivity index (χ3n) is 2.85. The molecule has 1 atom stereocenters. The van der Waals surface area contributed by atoms with Crippen molar-refractivity contribution in [3.63, 3.8) is 0 Å². The normalized spacial score (nSPS) is 11.8. The van der Waals surface area contributed by atoms with Crippen molar-refractivity contribution in [2.24, 2.45) is 0 Å². The highest BCUT2D eigenvalue weighted by molar-refractivity contribution is 5.38. The Morgan fingerprint density at radius 3 is 2.43 bits per heavy atom.